The molecule has 0 fully saturated rings. The Bertz CT molecular complexity index is 903. The lowest BCUT2D eigenvalue weighted by atomic mass is 10.0. The summed E-state index contributed by atoms with van der Waals surface area (Å²) in [4.78, 5) is 28.2. The molecule has 0 aliphatic carbocycles. The van der Waals surface area contributed by atoms with E-state index in [-0.39, 0.29) is 11.8 Å². The second kappa shape index (κ2) is 7.72. The fraction of sp³-hybridized carbons (Fsp3) is 0.222. The highest BCUT2D eigenvalue weighted by Crippen LogP contribution is 2.21. The molecule has 7 heteroatoms. The predicted molar refractivity (Wildman–Crippen MR) is 101 cm³/mol. The van der Waals surface area contributed by atoms with Gasteiger partial charge in [0.1, 0.15) is 6.04 Å². The minimum atomic E-state index is -0.632. The van der Waals surface area contributed by atoms with Gasteiger partial charge in [0.15, 0.2) is 0 Å². The average Bonchev–Trinajstić information content (AvgIpc) is 3.18. The van der Waals surface area contributed by atoms with Gasteiger partial charge in [0.25, 0.3) is 0 Å². The van der Waals surface area contributed by atoms with Gasteiger partial charge in [-0.05, 0) is 23.8 Å². The van der Waals surface area contributed by atoms with E-state index < -0.39 is 6.04 Å². The van der Waals surface area contributed by atoms with Gasteiger partial charge in [0, 0.05) is 35.3 Å². The SMILES string of the molecule is CC(=O)NC(Cc1c[nH]c2ccccc12)C(=O)NCc1ccc(Cl)s1. The molecule has 2 amide bonds. The molecule has 1 aromatic carbocycles. The third kappa shape index (κ3) is 4.41. The topological polar surface area (TPSA) is 74.0 Å². The van der Waals surface area contributed by atoms with Crippen molar-refractivity contribution in [1.82, 2.24) is 15.6 Å². The van der Waals surface area contributed by atoms with E-state index in [0.29, 0.717) is 17.3 Å². The predicted octanol–water partition coefficient (Wildman–Crippen LogP) is 3.25. The van der Waals surface area contributed by atoms with E-state index in [1.807, 2.05) is 36.5 Å². The third-order valence-corrected chi connectivity index (χ3v) is 5.09. The molecule has 0 saturated carbocycles. The summed E-state index contributed by atoms with van der Waals surface area (Å²) in [7, 11) is 0. The number of carbonyl (C=O) groups excluding carboxylic acids is 2. The van der Waals surface area contributed by atoms with Crippen molar-refractivity contribution in [1.29, 1.82) is 0 Å². The van der Waals surface area contributed by atoms with Crippen LogP contribution in [0, 0.1) is 0 Å². The van der Waals surface area contributed by atoms with Crippen LogP contribution in [-0.4, -0.2) is 22.8 Å². The first-order valence-electron chi connectivity index (χ1n) is 7.87. The summed E-state index contributed by atoms with van der Waals surface area (Å²) in [6.45, 7) is 1.80. The van der Waals surface area contributed by atoms with Crippen LogP contribution in [0.2, 0.25) is 4.34 Å². The standard InChI is InChI=1S/C18H18ClN3O2S/c1-11(23)22-16(18(24)21-10-13-6-7-17(19)25-13)8-12-9-20-15-5-3-2-4-14(12)15/h2-7,9,16,20H,8,10H2,1H3,(H,21,24)(H,22,23). The summed E-state index contributed by atoms with van der Waals surface area (Å²) in [5.74, 6) is -0.454. The van der Waals surface area contributed by atoms with Crippen LogP contribution in [0.3, 0.4) is 0 Å². The molecule has 2 aromatic heterocycles. The summed E-state index contributed by atoms with van der Waals surface area (Å²) >= 11 is 7.32. The van der Waals surface area contributed by atoms with Crippen LogP contribution in [-0.2, 0) is 22.6 Å². The first-order valence-corrected chi connectivity index (χ1v) is 9.06. The van der Waals surface area contributed by atoms with Crippen LogP contribution in [0.25, 0.3) is 10.9 Å². The lowest BCUT2D eigenvalue weighted by Crippen LogP contribution is -2.47. The van der Waals surface area contributed by atoms with E-state index in [1.165, 1.54) is 18.3 Å². The van der Waals surface area contributed by atoms with Crippen molar-refractivity contribution in [2.24, 2.45) is 0 Å². The van der Waals surface area contributed by atoms with Gasteiger partial charge in [0.2, 0.25) is 11.8 Å². The molecular weight excluding hydrogens is 358 g/mol. The number of benzene rings is 1. The van der Waals surface area contributed by atoms with Crippen LogP contribution in [0.1, 0.15) is 17.4 Å². The highest BCUT2D eigenvalue weighted by Gasteiger charge is 2.21. The van der Waals surface area contributed by atoms with Crippen LogP contribution in [0.4, 0.5) is 0 Å². The number of aromatic amines is 1. The van der Waals surface area contributed by atoms with Crippen molar-refractivity contribution in [3.8, 4) is 0 Å². The van der Waals surface area contributed by atoms with Gasteiger partial charge in [-0.1, -0.05) is 29.8 Å². The molecule has 0 saturated heterocycles. The van der Waals surface area contributed by atoms with Crippen LogP contribution in [0.15, 0.2) is 42.6 Å². The molecule has 130 valence electrons. The molecular formula is C18H18ClN3O2S. The second-order valence-corrected chi connectivity index (χ2v) is 7.54. The van der Waals surface area contributed by atoms with Crippen molar-refractivity contribution >= 4 is 45.7 Å². The van der Waals surface area contributed by atoms with Crippen LogP contribution >= 0.6 is 22.9 Å². The number of hydrogen-bond donors (Lipinski definition) is 3. The van der Waals surface area contributed by atoms with Crippen molar-refractivity contribution in [3.63, 3.8) is 0 Å². The molecule has 0 bridgehead atoms. The Balaban J connectivity index is 1.72. The molecule has 0 radical (unpaired) electrons. The Morgan fingerprint density at radius 1 is 1.24 bits per heavy atom. The third-order valence-electron chi connectivity index (χ3n) is 3.86. The van der Waals surface area contributed by atoms with Crippen LogP contribution < -0.4 is 10.6 Å². The number of carbonyl (C=O) groups is 2. The van der Waals surface area contributed by atoms with E-state index in [0.717, 1.165) is 21.3 Å². The zero-order chi connectivity index (χ0) is 17.8. The molecule has 0 aliphatic heterocycles. The molecule has 0 aliphatic rings. The Morgan fingerprint density at radius 3 is 2.76 bits per heavy atom. The quantitative estimate of drug-likeness (QED) is 0.618. The molecule has 3 rings (SSSR count). The van der Waals surface area contributed by atoms with Gasteiger partial charge in [-0.25, -0.2) is 0 Å². The van der Waals surface area contributed by atoms with Gasteiger partial charge in [-0.15, -0.1) is 11.3 Å². The number of nitrogens with one attached hydrogen (secondary N) is 3. The largest absolute Gasteiger partial charge is 0.361 e. The van der Waals surface area contributed by atoms with E-state index in [1.54, 1.807) is 6.07 Å². The van der Waals surface area contributed by atoms with Crippen LogP contribution in [0.5, 0.6) is 0 Å². The maximum Gasteiger partial charge on any atom is 0.243 e. The number of hydrogen-bond acceptors (Lipinski definition) is 3. The number of rotatable bonds is 6. The molecule has 2 heterocycles. The summed E-state index contributed by atoms with van der Waals surface area (Å²) < 4.78 is 0.682. The highest BCUT2D eigenvalue weighted by atomic mass is 35.5. The molecule has 1 atom stereocenters. The number of halogens is 1. The molecule has 25 heavy (non-hydrogen) atoms. The van der Waals surface area contributed by atoms with Crippen molar-refractivity contribution in [3.05, 3.63) is 57.4 Å². The smallest absolute Gasteiger partial charge is 0.243 e. The Kier molecular flexibility index (Phi) is 5.40. The maximum absolute atomic E-state index is 12.6. The minimum absolute atomic E-state index is 0.218. The fourth-order valence-corrected chi connectivity index (χ4v) is 3.75. The highest BCUT2D eigenvalue weighted by molar-refractivity contribution is 7.16. The lowest BCUT2D eigenvalue weighted by molar-refractivity contribution is -0.128. The van der Waals surface area contributed by atoms with Crippen molar-refractivity contribution in [2.45, 2.75) is 25.9 Å². The summed E-state index contributed by atoms with van der Waals surface area (Å²) in [6.07, 6.45) is 2.30. The number of H-pyrrole nitrogens is 1. The first kappa shape index (κ1) is 17.5. The van der Waals surface area contributed by atoms with Crippen molar-refractivity contribution in [2.75, 3.05) is 0 Å². The first-order chi connectivity index (χ1) is 12.0. The van der Waals surface area contributed by atoms with E-state index in [2.05, 4.69) is 15.6 Å². The molecule has 0 spiro atoms. The van der Waals surface area contributed by atoms with Gasteiger partial charge >= 0.3 is 0 Å². The summed E-state index contributed by atoms with van der Waals surface area (Å²) in [5, 5.41) is 6.65. The number of amides is 2. The number of fused-ring (bicyclic) bond motifs is 1. The Morgan fingerprint density at radius 2 is 2.04 bits per heavy atom. The van der Waals surface area contributed by atoms with Gasteiger partial charge in [-0.3, -0.25) is 9.59 Å². The van der Waals surface area contributed by atoms with Gasteiger partial charge < -0.3 is 15.6 Å². The zero-order valence-corrected chi connectivity index (χ0v) is 15.2. The maximum atomic E-state index is 12.6. The fourth-order valence-electron chi connectivity index (χ4n) is 2.72. The minimum Gasteiger partial charge on any atom is -0.361 e. The van der Waals surface area contributed by atoms with Gasteiger partial charge in [-0.2, -0.15) is 0 Å². The number of para-hydroxylation sites is 1. The van der Waals surface area contributed by atoms with Gasteiger partial charge in [0.05, 0.1) is 10.9 Å². The normalized spacial score (nSPS) is 12.1. The van der Waals surface area contributed by atoms with E-state index in [9.17, 15) is 9.59 Å². The lowest BCUT2D eigenvalue weighted by Gasteiger charge is -2.17. The zero-order valence-electron chi connectivity index (χ0n) is 13.6. The van der Waals surface area contributed by atoms with E-state index >= 15 is 0 Å². The monoisotopic (exact) mass is 375 g/mol. The molecule has 3 N–H and O–H groups in total. The summed E-state index contributed by atoms with van der Waals surface area (Å²) in [5.41, 5.74) is 2.00. The van der Waals surface area contributed by atoms with Crippen molar-refractivity contribution < 1.29 is 9.59 Å². The van der Waals surface area contributed by atoms with E-state index in [4.69, 9.17) is 11.6 Å². The average molecular weight is 376 g/mol. The molecule has 5 nitrogen and oxygen atoms in total. The Hall–Kier alpha value is -2.31. The second-order valence-electron chi connectivity index (χ2n) is 5.74. The summed E-state index contributed by atoms with van der Waals surface area (Å²) in [6, 6.07) is 10.9. The molecule has 1 unspecified atom stereocenters. The number of aromatic nitrogens is 1. The Labute approximate surface area is 154 Å². The number of thiophene rings is 1. The molecule has 3 aromatic rings.